The molecule has 0 unspecified atom stereocenters. The lowest BCUT2D eigenvalue weighted by Crippen LogP contribution is -2.58. The molecule has 0 radical (unpaired) electrons. The zero-order valence-corrected chi connectivity index (χ0v) is 16.9. The van der Waals surface area contributed by atoms with Gasteiger partial charge in [-0.1, -0.05) is 12.2 Å². The number of carbonyl (C=O) groups is 1. The third-order valence-corrected chi connectivity index (χ3v) is 4.90. The van der Waals surface area contributed by atoms with Crippen LogP contribution in [-0.4, -0.2) is 49.9 Å². The first-order valence-corrected chi connectivity index (χ1v) is 9.70. The van der Waals surface area contributed by atoms with Gasteiger partial charge in [0.15, 0.2) is 11.5 Å². The molecule has 7 heteroatoms. The Bertz CT molecular complexity index is 880. The first kappa shape index (κ1) is 20.7. The van der Waals surface area contributed by atoms with E-state index in [1.54, 1.807) is 25.2 Å². The number of nitrogens with two attached hydrogens (primary N) is 2. The van der Waals surface area contributed by atoms with Crippen LogP contribution in [0.3, 0.4) is 0 Å². The molecule has 2 aliphatic rings. The van der Waals surface area contributed by atoms with E-state index >= 15 is 0 Å². The highest BCUT2D eigenvalue weighted by Crippen LogP contribution is 2.31. The van der Waals surface area contributed by atoms with Gasteiger partial charge in [-0.2, -0.15) is 0 Å². The third kappa shape index (κ3) is 5.06. The van der Waals surface area contributed by atoms with E-state index in [4.69, 9.17) is 25.9 Å². The van der Waals surface area contributed by atoms with Crippen molar-refractivity contribution in [3.63, 3.8) is 0 Å². The third-order valence-electron chi connectivity index (χ3n) is 4.90. The van der Waals surface area contributed by atoms with Gasteiger partial charge in [0.05, 0.1) is 25.6 Å². The molecule has 0 spiro atoms. The van der Waals surface area contributed by atoms with Gasteiger partial charge in [0.2, 0.25) is 0 Å². The molecule has 3 rings (SSSR count). The van der Waals surface area contributed by atoms with Crippen LogP contribution in [0.15, 0.2) is 53.2 Å². The zero-order chi connectivity index (χ0) is 20.8. The molecule has 2 heterocycles. The van der Waals surface area contributed by atoms with Crippen LogP contribution in [0.1, 0.15) is 24.8 Å². The van der Waals surface area contributed by atoms with Crippen LogP contribution >= 0.6 is 0 Å². The Morgan fingerprint density at radius 2 is 2.00 bits per heavy atom. The van der Waals surface area contributed by atoms with Gasteiger partial charge in [0, 0.05) is 30.4 Å². The summed E-state index contributed by atoms with van der Waals surface area (Å²) in [6, 6.07) is 5.71. The van der Waals surface area contributed by atoms with Gasteiger partial charge in [0.1, 0.15) is 0 Å². The van der Waals surface area contributed by atoms with E-state index in [0.29, 0.717) is 24.6 Å². The van der Waals surface area contributed by atoms with Crippen LogP contribution in [0.2, 0.25) is 0 Å². The number of allylic oxidation sites excluding steroid dienone is 4. The highest BCUT2D eigenvalue weighted by atomic mass is 16.5. The fourth-order valence-corrected chi connectivity index (χ4v) is 3.27. The molecular formula is C22H28N4O3. The Labute approximate surface area is 171 Å². The first-order valence-electron chi connectivity index (χ1n) is 9.70. The summed E-state index contributed by atoms with van der Waals surface area (Å²) in [5, 5.41) is 0. The highest BCUT2D eigenvalue weighted by Gasteiger charge is 2.28. The van der Waals surface area contributed by atoms with E-state index in [1.807, 2.05) is 30.4 Å². The van der Waals surface area contributed by atoms with Gasteiger partial charge in [-0.3, -0.25) is 9.79 Å². The lowest BCUT2D eigenvalue weighted by molar-refractivity contribution is -0.131. The van der Waals surface area contributed by atoms with Crippen molar-refractivity contribution in [1.82, 2.24) is 4.90 Å². The number of likely N-dealkylation sites (tertiary alicyclic amines) is 1. The lowest BCUT2D eigenvalue weighted by atomic mass is 10.1. The minimum Gasteiger partial charge on any atom is -0.493 e. The zero-order valence-electron chi connectivity index (χ0n) is 16.9. The van der Waals surface area contributed by atoms with Gasteiger partial charge in [-0.15, -0.1) is 0 Å². The topological polar surface area (TPSA) is 103 Å². The number of benzene rings is 1. The first-order chi connectivity index (χ1) is 14.0. The molecule has 1 fully saturated rings. The van der Waals surface area contributed by atoms with Gasteiger partial charge in [-0.25, -0.2) is 0 Å². The number of carbonyl (C=O) groups excluding carboxylic acids is 1. The van der Waals surface area contributed by atoms with Crippen LogP contribution in [0.4, 0.5) is 0 Å². The molecule has 154 valence electrons. The van der Waals surface area contributed by atoms with Crippen molar-refractivity contribution in [2.45, 2.75) is 25.3 Å². The summed E-state index contributed by atoms with van der Waals surface area (Å²) in [5.74, 6) is 1.09. The molecule has 1 aromatic carbocycles. The van der Waals surface area contributed by atoms with Crippen LogP contribution in [0.25, 0.3) is 5.70 Å². The van der Waals surface area contributed by atoms with Crippen LogP contribution in [0.5, 0.6) is 11.5 Å². The molecule has 29 heavy (non-hydrogen) atoms. The summed E-state index contributed by atoms with van der Waals surface area (Å²) in [4.78, 5) is 18.9. The summed E-state index contributed by atoms with van der Waals surface area (Å²) in [6.45, 7) is 1.08. The molecule has 0 bridgehead atoms. The van der Waals surface area contributed by atoms with Gasteiger partial charge in [0.25, 0.3) is 5.91 Å². The summed E-state index contributed by atoms with van der Waals surface area (Å²) in [7, 11) is 3.20. The van der Waals surface area contributed by atoms with E-state index in [9.17, 15) is 4.79 Å². The van der Waals surface area contributed by atoms with Crippen molar-refractivity contribution < 1.29 is 14.3 Å². The van der Waals surface area contributed by atoms with Crippen LogP contribution < -0.4 is 20.9 Å². The lowest BCUT2D eigenvalue weighted by Gasteiger charge is -2.36. The Kier molecular flexibility index (Phi) is 6.72. The summed E-state index contributed by atoms with van der Waals surface area (Å²) in [5.41, 5.74) is 14.5. The van der Waals surface area contributed by atoms with Crippen molar-refractivity contribution >= 4 is 17.3 Å². The fourth-order valence-electron chi connectivity index (χ4n) is 3.27. The normalized spacial score (nSPS) is 20.9. The number of hydrogen-bond donors (Lipinski definition) is 2. The second kappa shape index (κ2) is 9.43. The summed E-state index contributed by atoms with van der Waals surface area (Å²) >= 11 is 0. The fraction of sp³-hybridized carbons (Fsp3) is 0.364. The van der Waals surface area contributed by atoms with Crippen LogP contribution in [0, 0.1) is 0 Å². The number of amides is 1. The second-order valence-corrected chi connectivity index (χ2v) is 7.12. The predicted molar refractivity (Wildman–Crippen MR) is 115 cm³/mol. The van der Waals surface area contributed by atoms with Crippen molar-refractivity contribution in [2.75, 3.05) is 27.3 Å². The minimum atomic E-state index is -0.191. The van der Waals surface area contributed by atoms with Gasteiger partial charge < -0.3 is 25.8 Å². The number of rotatable bonds is 5. The average Bonchev–Trinajstić information content (AvgIpc) is 2.82. The molecule has 0 aromatic heterocycles. The monoisotopic (exact) mass is 396 g/mol. The Hall–Kier alpha value is -3.06. The molecule has 0 saturated carbocycles. The Morgan fingerprint density at radius 3 is 2.69 bits per heavy atom. The summed E-state index contributed by atoms with van der Waals surface area (Å²) < 4.78 is 10.7. The smallest absolute Gasteiger partial charge is 0.269 e. The molecule has 0 aliphatic carbocycles. The number of ether oxygens (including phenoxy) is 2. The SMILES string of the molecule is COc1ccc(/C2=C/C=C\CCCC(C=C(N)C(=O)N3CC(N)C3)=N2)cc1OC. The van der Waals surface area contributed by atoms with E-state index in [-0.39, 0.29) is 17.6 Å². The second-order valence-electron chi connectivity index (χ2n) is 7.12. The molecular weight excluding hydrogens is 368 g/mol. The maximum atomic E-state index is 12.4. The predicted octanol–water partition coefficient (Wildman–Crippen LogP) is 2.24. The van der Waals surface area contributed by atoms with E-state index in [0.717, 1.165) is 36.2 Å². The Morgan fingerprint density at radius 1 is 1.24 bits per heavy atom. The quantitative estimate of drug-likeness (QED) is 0.743. The van der Waals surface area contributed by atoms with Crippen molar-refractivity contribution in [3.05, 3.63) is 53.8 Å². The largest absolute Gasteiger partial charge is 0.493 e. The van der Waals surface area contributed by atoms with Crippen molar-refractivity contribution in [2.24, 2.45) is 16.5 Å². The molecule has 7 nitrogen and oxygen atoms in total. The molecule has 0 atom stereocenters. The summed E-state index contributed by atoms with van der Waals surface area (Å²) in [6.07, 6.45) is 10.3. The number of aliphatic imine (C=N–C) groups is 1. The van der Waals surface area contributed by atoms with Crippen LogP contribution in [-0.2, 0) is 4.79 Å². The standard InChI is InChI=1S/C22H28N4O3/c1-28-20-10-9-15(11-21(20)29-2)19-8-6-4-3-5-7-17(25-19)12-18(24)22(27)26-13-16(23)14-26/h4,6,8-12,16H,3,5,7,13-14,23-24H2,1-2H3/b6-4-,18-12?,19-8-,25-17?. The van der Waals surface area contributed by atoms with E-state index < -0.39 is 0 Å². The molecule has 4 N–H and O–H groups in total. The molecule has 2 aliphatic heterocycles. The molecule has 1 amide bonds. The maximum Gasteiger partial charge on any atom is 0.269 e. The Balaban J connectivity index is 1.91. The van der Waals surface area contributed by atoms with Crippen molar-refractivity contribution in [1.29, 1.82) is 0 Å². The van der Waals surface area contributed by atoms with E-state index in [2.05, 4.69) is 6.08 Å². The van der Waals surface area contributed by atoms with Gasteiger partial charge >= 0.3 is 0 Å². The van der Waals surface area contributed by atoms with Gasteiger partial charge in [-0.05, 0) is 49.6 Å². The maximum absolute atomic E-state index is 12.4. The number of nitrogens with zero attached hydrogens (tertiary/aromatic N) is 2. The number of hydrogen-bond acceptors (Lipinski definition) is 6. The van der Waals surface area contributed by atoms with Crippen molar-refractivity contribution in [3.8, 4) is 11.5 Å². The average molecular weight is 396 g/mol. The molecule has 1 saturated heterocycles. The van der Waals surface area contributed by atoms with E-state index in [1.165, 1.54) is 0 Å². The highest BCUT2D eigenvalue weighted by molar-refractivity contribution is 6.05. The minimum absolute atomic E-state index is 0.0414. The molecule has 1 aromatic rings. The number of methoxy groups -OCH3 is 2.